The number of rotatable bonds is 4. The normalized spacial score (nSPS) is 17.2. The lowest BCUT2D eigenvalue weighted by Gasteiger charge is -2.43. The van der Waals surface area contributed by atoms with Gasteiger partial charge in [-0.15, -0.1) is 10.2 Å². The van der Waals surface area contributed by atoms with Crippen molar-refractivity contribution in [3.8, 4) is 5.69 Å². The first-order chi connectivity index (χ1) is 16.5. The van der Waals surface area contributed by atoms with Crippen molar-refractivity contribution in [1.29, 1.82) is 0 Å². The molecule has 1 aliphatic heterocycles. The van der Waals surface area contributed by atoms with Gasteiger partial charge in [-0.25, -0.2) is 0 Å². The molecule has 2 heterocycles. The molecule has 7 heteroatoms. The van der Waals surface area contributed by atoms with E-state index in [-0.39, 0.29) is 23.9 Å². The Morgan fingerprint density at radius 1 is 0.882 bits per heavy atom. The summed E-state index contributed by atoms with van der Waals surface area (Å²) >= 11 is 0. The minimum Gasteiger partial charge on any atom is -0.305 e. The van der Waals surface area contributed by atoms with Gasteiger partial charge in [-0.3, -0.25) is 14.2 Å². The molecule has 1 aromatic heterocycles. The topological polar surface area (TPSA) is 71.3 Å². The quantitative estimate of drug-likeness (QED) is 0.447. The molecular formula is C27H25N5O2. The van der Waals surface area contributed by atoms with E-state index >= 15 is 0 Å². The monoisotopic (exact) mass is 451 g/mol. The Morgan fingerprint density at radius 3 is 2.21 bits per heavy atom. The SMILES string of the molecule is CC(=O)N(c1ccccc1)[C@H]1C[C@@H](C)N(C(=O)c2ccc(-n3cnnc3)cc2)c2ccccc21. The van der Waals surface area contributed by atoms with E-state index in [0.29, 0.717) is 12.0 Å². The fourth-order valence-electron chi connectivity index (χ4n) is 4.75. The van der Waals surface area contributed by atoms with Crippen LogP contribution in [0.2, 0.25) is 0 Å². The Hall–Kier alpha value is -4.26. The molecule has 4 aromatic rings. The zero-order chi connectivity index (χ0) is 23.7. The molecule has 0 aliphatic carbocycles. The number of anilines is 2. The molecule has 170 valence electrons. The molecule has 0 fully saturated rings. The van der Waals surface area contributed by atoms with Crippen molar-refractivity contribution in [3.05, 3.63) is 103 Å². The van der Waals surface area contributed by atoms with Crippen LogP contribution in [0.4, 0.5) is 11.4 Å². The Kier molecular flexibility index (Phi) is 5.67. The first-order valence-electron chi connectivity index (χ1n) is 11.3. The summed E-state index contributed by atoms with van der Waals surface area (Å²) in [6, 6.07) is 24.7. The third-order valence-corrected chi connectivity index (χ3v) is 6.30. The molecule has 34 heavy (non-hydrogen) atoms. The summed E-state index contributed by atoms with van der Waals surface area (Å²) in [5.74, 6) is -0.0923. The van der Waals surface area contributed by atoms with E-state index in [1.54, 1.807) is 24.1 Å². The van der Waals surface area contributed by atoms with Crippen LogP contribution in [0.15, 0.2) is 91.5 Å². The number of amides is 2. The number of aromatic nitrogens is 3. The average molecular weight is 452 g/mol. The van der Waals surface area contributed by atoms with Crippen molar-refractivity contribution in [3.63, 3.8) is 0 Å². The molecule has 0 saturated heterocycles. The second-order valence-electron chi connectivity index (χ2n) is 8.48. The van der Waals surface area contributed by atoms with Gasteiger partial charge in [0.2, 0.25) is 5.91 Å². The highest BCUT2D eigenvalue weighted by molar-refractivity contribution is 6.07. The van der Waals surface area contributed by atoms with Crippen LogP contribution in [0.1, 0.15) is 42.2 Å². The van der Waals surface area contributed by atoms with Crippen LogP contribution in [-0.2, 0) is 4.79 Å². The first kappa shape index (κ1) is 21.6. The van der Waals surface area contributed by atoms with Crippen LogP contribution in [0.25, 0.3) is 5.69 Å². The largest absolute Gasteiger partial charge is 0.305 e. The van der Waals surface area contributed by atoms with E-state index < -0.39 is 0 Å². The van der Waals surface area contributed by atoms with Gasteiger partial charge in [0, 0.05) is 35.6 Å². The number of fused-ring (bicyclic) bond motifs is 1. The summed E-state index contributed by atoms with van der Waals surface area (Å²) < 4.78 is 1.79. The van der Waals surface area contributed by atoms with Crippen molar-refractivity contribution in [2.24, 2.45) is 0 Å². The van der Waals surface area contributed by atoms with Gasteiger partial charge in [0.05, 0.1) is 6.04 Å². The molecule has 5 rings (SSSR count). The maximum absolute atomic E-state index is 13.7. The van der Waals surface area contributed by atoms with Crippen LogP contribution in [0.5, 0.6) is 0 Å². The zero-order valence-corrected chi connectivity index (χ0v) is 19.1. The van der Waals surface area contributed by atoms with Gasteiger partial charge in [-0.05, 0) is 61.4 Å². The van der Waals surface area contributed by atoms with Crippen LogP contribution >= 0.6 is 0 Å². The van der Waals surface area contributed by atoms with Gasteiger partial charge in [0.25, 0.3) is 5.91 Å². The smallest absolute Gasteiger partial charge is 0.258 e. The molecule has 0 N–H and O–H groups in total. The summed E-state index contributed by atoms with van der Waals surface area (Å²) in [5, 5.41) is 7.66. The summed E-state index contributed by atoms with van der Waals surface area (Å²) in [6.45, 7) is 3.63. The molecular weight excluding hydrogens is 426 g/mol. The molecule has 0 spiro atoms. The third-order valence-electron chi connectivity index (χ3n) is 6.30. The second-order valence-corrected chi connectivity index (χ2v) is 8.48. The minimum absolute atomic E-state index is 0.0254. The van der Waals surface area contributed by atoms with Crippen molar-refractivity contribution < 1.29 is 9.59 Å². The number of nitrogens with zero attached hydrogens (tertiary/aromatic N) is 5. The second kappa shape index (κ2) is 8.94. The molecule has 1 aliphatic rings. The molecule has 0 bridgehead atoms. The molecule has 2 amide bonds. The molecule has 0 unspecified atom stereocenters. The van der Waals surface area contributed by atoms with Crippen LogP contribution in [0.3, 0.4) is 0 Å². The number of carbonyl (C=O) groups excluding carboxylic acids is 2. The zero-order valence-electron chi connectivity index (χ0n) is 19.1. The highest BCUT2D eigenvalue weighted by atomic mass is 16.2. The van der Waals surface area contributed by atoms with Crippen molar-refractivity contribution in [1.82, 2.24) is 14.8 Å². The van der Waals surface area contributed by atoms with Gasteiger partial charge in [0.15, 0.2) is 0 Å². The fourth-order valence-corrected chi connectivity index (χ4v) is 4.75. The molecule has 3 aromatic carbocycles. The predicted molar refractivity (Wildman–Crippen MR) is 131 cm³/mol. The summed E-state index contributed by atoms with van der Waals surface area (Å²) in [4.78, 5) is 30.1. The minimum atomic E-state index is -0.161. The van der Waals surface area contributed by atoms with Gasteiger partial charge < -0.3 is 9.80 Å². The van der Waals surface area contributed by atoms with Crippen LogP contribution < -0.4 is 9.80 Å². The third kappa shape index (κ3) is 3.85. The van der Waals surface area contributed by atoms with E-state index in [9.17, 15) is 9.59 Å². The lowest BCUT2D eigenvalue weighted by atomic mass is 9.89. The van der Waals surface area contributed by atoms with Crippen molar-refractivity contribution >= 4 is 23.2 Å². The fraction of sp³-hybridized carbons (Fsp3) is 0.185. The average Bonchev–Trinajstić information content (AvgIpc) is 3.40. The van der Waals surface area contributed by atoms with Crippen molar-refractivity contribution in [2.75, 3.05) is 9.80 Å². The van der Waals surface area contributed by atoms with Crippen LogP contribution in [0, 0.1) is 0 Å². The predicted octanol–water partition coefficient (Wildman–Crippen LogP) is 4.80. The Bertz CT molecular complexity index is 1300. The maximum atomic E-state index is 13.7. The summed E-state index contributed by atoms with van der Waals surface area (Å²) in [7, 11) is 0. The lowest BCUT2D eigenvalue weighted by molar-refractivity contribution is -0.117. The van der Waals surface area contributed by atoms with Crippen molar-refractivity contribution in [2.45, 2.75) is 32.4 Å². The summed E-state index contributed by atoms with van der Waals surface area (Å²) in [6.07, 6.45) is 3.87. The Morgan fingerprint density at radius 2 is 1.53 bits per heavy atom. The standard InChI is InChI=1S/C27H25N5O2/c1-19-16-26(32(20(2)33)23-8-4-3-5-9-23)24-10-6-7-11-25(24)31(19)27(34)21-12-14-22(15-13-21)30-17-28-29-18-30/h3-15,17-19,26H,16H2,1-2H3/t19-,26+/m1/s1. The van der Waals surface area contributed by atoms with Crippen LogP contribution in [-0.4, -0.2) is 32.6 Å². The van der Waals surface area contributed by atoms with E-state index in [2.05, 4.69) is 10.2 Å². The number of carbonyl (C=O) groups is 2. The highest BCUT2D eigenvalue weighted by Gasteiger charge is 2.38. The van der Waals surface area contributed by atoms with Gasteiger partial charge in [-0.2, -0.15) is 0 Å². The Labute approximate surface area is 198 Å². The number of para-hydroxylation sites is 2. The first-order valence-corrected chi connectivity index (χ1v) is 11.3. The molecule has 0 saturated carbocycles. The number of benzene rings is 3. The highest BCUT2D eigenvalue weighted by Crippen LogP contribution is 2.42. The molecule has 2 atom stereocenters. The van der Waals surface area contributed by atoms with Gasteiger partial charge >= 0.3 is 0 Å². The van der Waals surface area contributed by atoms with E-state index in [0.717, 1.165) is 22.6 Å². The maximum Gasteiger partial charge on any atom is 0.258 e. The molecule has 0 radical (unpaired) electrons. The molecule has 7 nitrogen and oxygen atoms in total. The number of hydrogen-bond acceptors (Lipinski definition) is 4. The van der Waals surface area contributed by atoms with E-state index in [4.69, 9.17) is 0 Å². The van der Waals surface area contributed by atoms with Gasteiger partial charge in [-0.1, -0.05) is 36.4 Å². The van der Waals surface area contributed by atoms with Gasteiger partial charge in [0.1, 0.15) is 12.7 Å². The van der Waals surface area contributed by atoms with E-state index in [1.165, 1.54) is 0 Å². The summed E-state index contributed by atoms with van der Waals surface area (Å²) in [5.41, 5.74) is 4.14. The lowest BCUT2D eigenvalue weighted by Crippen LogP contribution is -2.47. The Balaban J connectivity index is 1.50. The number of hydrogen-bond donors (Lipinski definition) is 0. The van der Waals surface area contributed by atoms with E-state index in [1.807, 2.05) is 95.6 Å².